The van der Waals surface area contributed by atoms with Crippen LogP contribution in [0.1, 0.15) is 16.8 Å². The molecule has 0 saturated carbocycles. The molecule has 0 aliphatic rings. The average molecular weight is 287 g/mol. The van der Waals surface area contributed by atoms with Crippen molar-refractivity contribution in [2.45, 2.75) is 20.4 Å². The maximum Gasteiger partial charge on any atom is 0.243 e. The second kappa shape index (κ2) is 5.26. The Labute approximate surface area is 122 Å². The number of ether oxygens (including phenoxy) is 1. The molecule has 2 aromatic heterocycles. The molecule has 3 aromatic rings. The van der Waals surface area contributed by atoms with Gasteiger partial charge in [-0.1, -0.05) is 12.1 Å². The minimum Gasteiger partial charge on any atom is -0.437 e. The van der Waals surface area contributed by atoms with Crippen LogP contribution in [0.15, 0.2) is 29.8 Å². The van der Waals surface area contributed by atoms with Gasteiger partial charge in [0.25, 0.3) is 0 Å². The number of hydrogen-bond acceptors (Lipinski definition) is 4. The molecule has 0 amide bonds. The van der Waals surface area contributed by atoms with E-state index in [1.807, 2.05) is 31.6 Å². The van der Waals surface area contributed by atoms with Gasteiger partial charge in [0.15, 0.2) is 4.96 Å². The van der Waals surface area contributed by atoms with Gasteiger partial charge in [-0.05, 0) is 38.1 Å². The van der Waals surface area contributed by atoms with Crippen LogP contribution < -0.4 is 10.1 Å². The zero-order chi connectivity index (χ0) is 14.1. The molecular weight excluding hydrogens is 270 g/mol. The summed E-state index contributed by atoms with van der Waals surface area (Å²) in [6.45, 7) is 4.83. The third kappa shape index (κ3) is 2.30. The number of aryl methyl sites for hydroxylation is 2. The number of nitrogens with zero attached hydrogens (tertiary/aromatic N) is 2. The zero-order valence-corrected chi connectivity index (χ0v) is 12.6. The van der Waals surface area contributed by atoms with Crippen LogP contribution in [0.25, 0.3) is 4.96 Å². The second-order valence-corrected chi connectivity index (χ2v) is 5.69. The van der Waals surface area contributed by atoms with Crippen molar-refractivity contribution in [3.63, 3.8) is 0 Å². The van der Waals surface area contributed by atoms with Crippen LogP contribution in [0.5, 0.6) is 11.6 Å². The lowest BCUT2D eigenvalue weighted by atomic mass is 10.1. The van der Waals surface area contributed by atoms with E-state index in [9.17, 15) is 0 Å². The van der Waals surface area contributed by atoms with Crippen molar-refractivity contribution >= 4 is 16.3 Å². The first-order valence-electron chi connectivity index (χ1n) is 6.53. The third-order valence-electron chi connectivity index (χ3n) is 3.22. The van der Waals surface area contributed by atoms with E-state index in [4.69, 9.17) is 4.74 Å². The monoisotopic (exact) mass is 287 g/mol. The van der Waals surface area contributed by atoms with E-state index in [1.54, 1.807) is 11.3 Å². The summed E-state index contributed by atoms with van der Waals surface area (Å²) in [5.41, 5.74) is 3.34. The maximum absolute atomic E-state index is 6.05. The minimum atomic E-state index is 0.680. The SMILES string of the molecule is CNCc1c(Oc2cc(C)ccc2C)nc2sccn12. The molecule has 1 N–H and O–H groups in total. The summed E-state index contributed by atoms with van der Waals surface area (Å²) >= 11 is 1.61. The topological polar surface area (TPSA) is 38.6 Å². The second-order valence-electron chi connectivity index (χ2n) is 4.82. The predicted octanol–water partition coefficient (Wildman–Crippen LogP) is 3.52. The van der Waals surface area contributed by atoms with Gasteiger partial charge in [-0.15, -0.1) is 11.3 Å². The van der Waals surface area contributed by atoms with E-state index in [-0.39, 0.29) is 0 Å². The summed E-state index contributed by atoms with van der Waals surface area (Å²) in [4.78, 5) is 5.53. The van der Waals surface area contributed by atoms with E-state index in [0.29, 0.717) is 5.88 Å². The van der Waals surface area contributed by atoms with Gasteiger partial charge in [-0.25, -0.2) is 0 Å². The molecule has 104 valence electrons. The van der Waals surface area contributed by atoms with Crippen molar-refractivity contribution in [3.05, 3.63) is 46.6 Å². The summed E-state index contributed by atoms with van der Waals surface area (Å²) < 4.78 is 8.12. The lowest BCUT2D eigenvalue weighted by Crippen LogP contribution is -2.08. The fourth-order valence-electron chi connectivity index (χ4n) is 2.14. The van der Waals surface area contributed by atoms with Crippen molar-refractivity contribution in [3.8, 4) is 11.6 Å². The quantitative estimate of drug-likeness (QED) is 0.798. The Morgan fingerprint density at radius 2 is 2.20 bits per heavy atom. The van der Waals surface area contributed by atoms with Crippen LogP contribution in [0.4, 0.5) is 0 Å². The Bertz CT molecular complexity index is 745. The molecule has 0 fully saturated rings. The molecule has 0 saturated heterocycles. The molecule has 20 heavy (non-hydrogen) atoms. The number of benzene rings is 1. The third-order valence-corrected chi connectivity index (χ3v) is 3.98. The summed E-state index contributed by atoms with van der Waals surface area (Å²) in [6.07, 6.45) is 2.02. The molecule has 2 heterocycles. The fraction of sp³-hybridized carbons (Fsp3) is 0.267. The minimum absolute atomic E-state index is 0.680. The largest absolute Gasteiger partial charge is 0.437 e. The van der Waals surface area contributed by atoms with Gasteiger partial charge in [-0.3, -0.25) is 4.40 Å². The number of hydrogen-bond donors (Lipinski definition) is 1. The van der Waals surface area contributed by atoms with Crippen LogP contribution >= 0.6 is 11.3 Å². The molecular formula is C15H17N3OS. The van der Waals surface area contributed by atoms with E-state index >= 15 is 0 Å². The van der Waals surface area contributed by atoms with Crippen LogP contribution in [-0.4, -0.2) is 16.4 Å². The standard InChI is InChI=1S/C15H17N3OS/c1-10-4-5-11(2)13(8-10)19-14-12(9-16-3)18-6-7-20-15(18)17-14/h4-8,16H,9H2,1-3H3. The normalized spacial score (nSPS) is 11.2. The van der Waals surface area contributed by atoms with Crippen molar-refractivity contribution in [2.75, 3.05) is 7.05 Å². The van der Waals surface area contributed by atoms with E-state index < -0.39 is 0 Å². The van der Waals surface area contributed by atoms with Crippen molar-refractivity contribution in [1.82, 2.24) is 14.7 Å². The molecule has 0 aliphatic heterocycles. The van der Waals surface area contributed by atoms with Gasteiger partial charge in [-0.2, -0.15) is 4.98 Å². The smallest absolute Gasteiger partial charge is 0.243 e. The average Bonchev–Trinajstić information content (AvgIpc) is 2.98. The van der Waals surface area contributed by atoms with Crippen molar-refractivity contribution in [2.24, 2.45) is 0 Å². The van der Waals surface area contributed by atoms with Gasteiger partial charge >= 0.3 is 0 Å². The van der Waals surface area contributed by atoms with E-state index in [1.165, 1.54) is 5.56 Å². The first-order chi connectivity index (χ1) is 9.69. The van der Waals surface area contributed by atoms with Crippen molar-refractivity contribution in [1.29, 1.82) is 0 Å². The predicted molar refractivity (Wildman–Crippen MR) is 81.8 cm³/mol. The van der Waals surface area contributed by atoms with Gasteiger partial charge in [0.05, 0.1) is 0 Å². The number of thiazole rings is 1. The summed E-state index contributed by atoms with van der Waals surface area (Å²) in [6, 6.07) is 6.20. The van der Waals surface area contributed by atoms with Gasteiger partial charge in [0.1, 0.15) is 11.4 Å². The molecule has 0 spiro atoms. The molecule has 0 bridgehead atoms. The molecule has 0 unspecified atom stereocenters. The Morgan fingerprint density at radius 3 is 3.00 bits per heavy atom. The molecule has 3 rings (SSSR count). The highest BCUT2D eigenvalue weighted by Gasteiger charge is 2.15. The van der Waals surface area contributed by atoms with Crippen LogP contribution in [0, 0.1) is 13.8 Å². The highest BCUT2D eigenvalue weighted by Crippen LogP contribution is 2.30. The molecule has 0 atom stereocenters. The highest BCUT2D eigenvalue weighted by molar-refractivity contribution is 7.15. The van der Waals surface area contributed by atoms with Gasteiger partial charge in [0.2, 0.25) is 5.88 Å². The highest BCUT2D eigenvalue weighted by atomic mass is 32.1. The number of nitrogens with one attached hydrogen (secondary N) is 1. The van der Waals surface area contributed by atoms with Crippen LogP contribution in [0.3, 0.4) is 0 Å². The summed E-state index contributed by atoms with van der Waals surface area (Å²) in [5, 5.41) is 5.20. The fourth-order valence-corrected chi connectivity index (χ4v) is 2.87. The van der Waals surface area contributed by atoms with E-state index in [2.05, 4.69) is 33.8 Å². The lowest BCUT2D eigenvalue weighted by Gasteiger charge is -2.09. The van der Waals surface area contributed by atoms with Crippen LogP contribution in [-0.2, 0) is 6.54 Å². The van der Waals surface area contributed by atoms with E-state index in [0.717, 1.165) is 28.5 Å². The van der Waals surface area contributed by atoms with Gasteiger partial charge < -0.3 is 10.1 Å². The number of fused-ring (bicyclic) bond motifs is 1. The molecule has 1 aromatic carbocycles. The first kappa shape index (κ1) is 13.1. The maximum atomic E-state index is 6.05. The van der Waals surface area contributed by atoms with Gasteiger partial charge in [0, 0.05) is 18.1 Å². The summed E-state index contributed by atoms with van der Waals surface area (Å²) in [7, 11) is 1.92. The lowest BCUT2D eigenvalue weighted by molar-refractivity contribution is 0.453. The zero-order valence-electron chi connectivity index (χ0n) is 11.8. The Morgan fingerprint density at radius 1 is 1.35 bits per heavy atom. The summed E-state index contributed by atoms with van der Waals surface area (Å²) in [5.74, 6) is 1.55. The molecule has 0 radical (unpaired) electrons. The Hall–Kier alpha value is -1.85. The first-order valence-corrected chi connectivity index (χ1v) is 7.41. The molecule has 4 nitrogen and oxygen atoms in total. The number of aromatic nitrogens is 2. The van der Waals surface area contributed by atoms with Crippen molar-refractivity contribution < 1.29 is 4.74 Å². The Kier molecular flexibility index (Phi) is 3.46. The molecule has 0 aliphatic carbocycles. The van der Waals surface area contributed by atoms with Crippen LogP contribution in [0.2, 0.25) is 0 Å². The molecule has 5 heteroatoms. The number of rotatable bonds is 4. The number of imidazole rings is 1. The Balaban J connectivity index is 2.03.